The van der Waals surface area contributed by atoms with E-state index in [1.54, 1.807) is 6.07 Å². The first-order valence-corrected chi connectivity index (χ1v) is 8.59. The third-order valence-electron chi connectivity index (χ3n) is 3.31. The van der Waals surface area contributed by atoms with Crippen molar-refractivity contribution in [2.75, 3.05) is 25.0 Å². The molecule has 0 saturated carbocycles. The average Bonchev–Trinajstić information content (AvgIpc) is 2.36. The summed E-state index contributed by atoms with van der Waals surface area (Å²) in [4.78, 5) is 14.1. The Hall–Kier alpha value is -1.48. The maximum atomic E-state index is 12.1. The number of sulfonamides is 1. The monoisotopic (exact) mass is 327 g/mol. The van der Waals surface area contributed by atoms with Gasteiger partial charge in [0.1, 0.15) is 0 Å². The molecule has 3 N–H and O–H groups in total. The molecule has 0 bridgehead atoms. The number of anilines is 1. The molecule has 2 atom stereocenters. The molecule has 0 spiro atoms. The van der Waals surface area contributed by atoms with Gasteiger partial charge in [0.05, 0.1) is 23.6 Å². The quantitative estimate of drug-likeness (QED) is 0.832. The molecule has 0 aliphatic carbocycles. The second-order valence-electron chi connectivity index (χ2n) is 5.57. The van der Waals surface area contributed by atoms with Gasteiger partial charge in [-0.25, -0.2) is 13.6 Å². The van der Waals surface area contributed by atoms with E-state index in [1.807, 2.05) is 18.7 Å². The second-order valence-corrected chi connectivity index (χ2v) is 7.13. The van der Waals surface area contributed by atoms with Crippen molar-refractivity contribution >= 4 is 21.6 Å². The highest BCUT2D eigenvalue weighted by Crippen LogP contribution is 2.15. The molecule has 0 unspecified atom stereocenters. The van der Waals surface area contributed by atoms with Crippen LogP contribution in [0.5, 0.6) is 0 Å². The lowest BCUT2D eigenvalue weighted by atomic mass is 10.2. The summed E-state index contributed by atoms with van der Waals surface area (Å²) in [5.41, 5.74) is 0.408. The Kier molecular flexibility index (Phi) is 5.17. The molecule has 1 aromatic rings. The normalized spacial score (nSPS) is 23.2. The molecule has 0 radical (unpaired) electrons. The summed E-state index contributed by atoms with van der Waals surface area (Å²) in [6.45, 7) is 5.55. The van der Waals surface area contributed by atoms with Crippen molar-refractivity contribution in [2.24, 2.45) is 5.14 Å². The van der Waals surface area contributed by atoms with Crippen LogP contribution in [-0.2, 0) is 19.6 Å². The van der Waals surface area contributed by atoms with Crippen LogP contribution in [0.25, 0.3) is 0 Å². The largest absolute Gasteiger partial charge is 0.373 e. The summed E-state index contributed by atoms with van der Waals surface area (Å²) >= 11 is 0. The van der Waals surface area contributed by atoms with E-state index in [0.717, 1.165) is 0 Å². The predicted molar refractivity (Wildman–Crippen MR) is 82.9 cm³/mol. The minimum atomic E-state index is -3.78. The number of nitrogens with one attached hydrogen (secondary N) is 1. The Bertz CT molecular complexity index is 637. The molecular formula is C14H21N3O4S. The van der Waals surface area contributed by atoms with Crippen molar-refractivity contribution in [1.82, 2.24) is 4.90 Å². The van der Waals surface area contributed by atoms with Crippen LogP contribution in [0.2, 0.25) is 0 Å². The van der Waals surface area contributed by atoms with Gasteiger partial charge in [0.25, 0.3) is 0 Å². The van der Waals surface area contributed by atoms with E-state index in [9.17, 15) is 13.2 Å². The standard InChI is InChI=1S/C14H21N3O4S/c1-10-7-17(8-11(2)21-10)9-14(18)16-12-4-3-5-13(6-12)22(15,19)20/h3-6,10-11H,7-9H2,1-2H3,(H,16,18)(H2,15,19,20)/t10-,11+. The third kappa shape index (κ3) is 4.77. The van der Waals surface area contributed by atoms with Gasteiger partial charge in [0, 0.05) is 18.8 Å². The molecule has 1 fully saturated rings. The first-order valence-electron chi connectivity index (χ1n) is 7.04. The van der Waals surface area contributed by atoms with E-state index in [1.165, 1.54) is 18.2 Å². The molecular weight excluding hydrogens is 306 g/mol. The molecule has 8 heteroatoms. The molecule has 1 aromatic carbocycles. The molecule has 122 valence electrons. The summed E-state index contributed by atoms with van der Waals surface area (Å²) in [5.74, 6) is -0.201. The number of carbonyl (C=O) groups is 1. The van der Waals surface area contributed by atoms with Gasteiger partial charge in [-0.15, -0.1) is 0 Å². The number of primary sulfonamides is 1. The fourth-order valence-corrected chi connectivity index (χ4v) is 3.13. The van der Waals surface area contributed by atoms with Crippen LogP contribution in [0.1, 0.15) is 13.8 Å². The van der Waals surface area contributed by atoms with E-state index in [-0.39, 0.29) is 29.6 Å². The Labute approximate surface area is 130 Å². The van der Waals surface area contributed by atoms with Crippen molar-refractivity contribution in [2.45, 2.75) is 31.0 Å². The fourth-order valence-electron chi connectivity index (χ4n) is 2.57. The number of morpholine rings is 1. The van der Waals surface area contributed by atoms with Crippen molar-refractivity contribution in [3.05, 3.63) is 24.3 Å². The van der Waals surface area contributed by atoms with Crippen molar-refractivity contribution in [3.8, 4) is 0 Å². The first-order chi connectivity index (χ1) is 10.2. The van der Waals surface area contributed by atoms with Crippen LogP contribution in [-0.4, -0.2) is 51.1 Å². The molecule has 7 nitrogen and oxygen atoms in total. The summed E-state index contributed by atoms with van der Waals surface area (Å²) in [5, 5.41) is 7.76. The Morgan fingerprint density at radius 2 is 2.00 bits per heavy atom. The summed E-state index contributed by atoms with van der Waals surface area (Å²) in [7, 11) is -3.78. The van der Waals surface area contributed by atoms with Crippen LogP contribution in [0.15, 0.2) is 29.2 Å². The van der Waals surface area contributed by atoms with Gasteiger partial charge < -0.3 is 10.1 Å². The molecule has 22 heavy (non-hydrogen) atoms. The summed E-state index contributed by atoms with van der Waals surface area (Å²) in [6.07, 6.45) is 0.171. The van der Waals surface area contributed by atoms with E-state index >= 15 is 0 Å². The van der Waals surface area contributed by atoms with E-state index < -0.39 is 10.0 Å². The first kappa shape index (κ1) is 16.9. The van der Waals surface area contributed by atoms with Gasteiger partial charge in [-0.1, -0.05) is 6.07 Å². The van der Waals surface area contributed by atoms with Crippen molar-refractivity contribution < 1.29 is 17.9 Å². The van der Waals surface area contributed by atoms with Crippen LogP contribution < -0.4 is 10.5 Å². The fraction of sp³-hybridized carbons (Fsp3) is 0.500. The van der Waals surface area contributed by atoms with E-state index in [2.05, 4.69) is 5.32 Å². The zero-order chi connectivity index (χ0) is 16.3. The molecule has 1 heterocycles. The Balaban J connectivity index is 1.97. The average molecular weight is 327 g/mol. The molecule has 2 rings (SSSR count). The van der Waals surface area contributed by atoms with E-state index in [0.29, 0.717) is 18.8 Å². The van der Waals surface area contributed by atoms with Gasteiger partial charge >= 0.3 is 0 Å². The number of hydrogen-bond acceptors (Lipinski definition) is 5. The minimum absolute atomic E-state index is 0.0288. The van der Waals surface area contributed by atoms with Crippen molar-refractivity contribution in [3.63, 3.8) is 0 Å². The molecule has 1 aliphatic rings. The molecule has 1 saturated heterocycles. The van der Waals surface area contributed by atoms with Gasteiger partial charge in [0.2, 0.25) is 15.9 Å². The highest BCUT2D eigenvalue weighted by atomic mass is 32.2. The SMILES string of the molecule is C[C@@H]1CN(CC(=O)Nc2cccc(S(N)(=O)=O)c2)C[C@H](C)O1. The lowest BCUT2D eigenvalue weighted by Gasteiger charge is -2.34. The van der Waals surface area contributed by atoms with Gasteiger partial charge in [-0.3, -0.25) is 9.69 Å². The number of benzene rings is 1. The zero-order valence-electron chi connectivity index (χ0n) is 12.7. The maximum absolute atomic E-state index is 12.1. The topological polar surface area (TPSA) is 102 Å². The molecule has 0 aromatic heterocycles. The number of rotatable bonds is 4. The van der Waals surface area contributed by atoms with Gasteiger partial charge in [0.15, 0.2) is 0 Å². The number of nitrogens with zero attached hydrogens (tertiary/aromatic N) is 1. The van der Waals surface area contributed by atoms with Crippen LogP contribution in [0.4, 0.5) is 5.69 Å². The number of carbonyl (C=O) groups excluding carboxylic acids is 1. The predicted octanol–water partition coefficient (Wildman–Crippen LogP) is 0.382. The van der Waals surface area contributed by atoms with Gasteiger partial charge in [-0.05, 0) is 32.0 Å². The Morgan fingerprint density at radius 3 is 2.59 bits per heavy atom. The van der Waals surface area contributed by atoms with Crippen molar-refractivity contribution in [1.29, 1.82) is 0 Å². The number of amides is 1. The second kappa shape index (κ2) is 6.74. The van der Waals surface area contributed by atoms with Crippen LogP contribution in [0.3, 0.4) is 0 Å². The molecule has 1 amide bonds. The molecule has 1 aliphatic heterocycles. The maximum Gasteiger partial charge on any atom is 0.238 e. The smallest absolute Gasteiger partial charge is 0.238 e. The summed E-state index contributed by atoms with van der Waals surface area (Å²) < 4.78 is 28.2. The van der Waals surface area contributed by atoms with Gasteiger partial charge in [-0.2, -0.15) is 0 Å². The highest BCUT2D eigenvalue weighted by Gasteiger charge is 2.23. The summed E-state index contributed by atoms with van der Waals surface area (Å²) in [6, 6.07) is 5.89. The zero-order valence-corrected chi connectivity index (χ0v) is 13.5. The van der Waals surface area contributed by atoms with E-state index in [4.69, 9.17) is 9.88 Å². The third-order valence-corrected chi connectivity index (χ3v) is 4.22. The number of nitrogens with two attached hydrogens (primary N) is 1. The lowest BCUT2D eigenvalue weighted by Crippen LogP contribution is -2.48. The van der Waals surface area contributed by atoms with Crippen LogP contribution >= 0.6 is 0 Å². The number of ether oxygens (including phenoxy) is 1. The number of hydrogen-bond donors (Lipinski definition) is 2. The highest BCUT2D eigenvalue weighted by molar-refractivity contribution is 7.89. The Morgan fingerprint density at radius 1 is 1.36 bits per heavy atom. The van der Waals surface area contributed by atoms with Crippen LogP contribution in [0, 0.1) is 0 Å². The minimum Gasteiger partial charge on any atom is -0.373 e. The lowest BCUT2D eigenvalue weighted by molar-refractivity contribution is -0.121.